The van der Waals surface area contributed by atoms with Gasteiger partial charge in [-0.1, -0.05) is 35.0 Å². The van der Waals surface area contributed by atoms with Gasteiger partial charge in [-0.05, 0) is 55.5 Å². The van der Waals surface area contributed by atoms with Gasteiger partial charge >= 0.3 is 0 Å². The molecule has 0 radical (unpaired) electrons. The highest BCUT2D eigenvalue weighted by Gasteiger charge is 2.16. The van der Waals surface area contributed by atoms with Gasteiger partial charge in [-0.3, -0.25) is 0 Å². The number of aryl methyl sites for hydroxylation is 2. The van der Waals surface area contributed by atoms with E-state index in [1.807, 2.05) is 6.07 Å². The molecule has 21 heavy (non-hydrogen) atoms. The summed E-state index contributed by atoms with van der Waals surface area (Å²) in [5, 5.41) is 11.3. The Hall–Kier alpha value is -1.21. The highest BCUT2D eigenvalue weighted by atomic mass is 35.5. The molecule has 1 aromatic heterocycles. The molecule has 0 spiro atoms. The van der Waals surface area contributed by atoms with Crippen LogP contribution in [-0.2, 0) is 12.8 Å². The van der Waals surface area contributed by atoms with Crippen LogP contribution in [0.15, 0.2) is 34.2 Å². The molecule has 0 fully saturated rings. The average Bonchev–Trinajstić information content (AvgIpc) is 2.50. The van der Waals surface area contributed by atoms with Crippen LogP contribution < -0.4 is 0 Å². The highest BCUT2D eigenvalue weighted by Crippen LogP contribution is 2.37. The molecule has 3 rings (SSSR count). The van der Waals surface area contributed by atoms with Gasteiger partial charge < -0.3 is 0 Å². The van der Waals surface area contributed by atoms with Crippen molar-refractivity contribution in [3.63, 3.8) is 0 Å². The predicted molar refractivity (Wildman–Crippen MR) is 86.2 cm³/mol. The van der Waals surface area contributed by atoms with E-state index in [1.54, 1.807) is 18.2 Å². The Labute approximate surface area is 138 Å². The molecular formula is C16H12Cl2N2S. The van der Waals surface area contributed by atoms with E-state index in [-0.39, 0.29) is 0 Å². The van der Waals surface area contributed by atoms with Crippen LogP contribution in [0.4, 0.5) is 0 Å². The highest BCUT2D eigenvalue weighted by molar-refractivity contribution is 7.99. The zero-order valence-corrected chi connectivity index (χ0v) is 13.5. The lowest BCUT2D eigenvalue weighted by molar-refractivity contribution is 0.660. The maximum absolute atomic E-state index is 9.36. The fourth-order valence-electron chi connectivity index (χ4n) is 2.43. The number of fused-ring (bicyclic) bond motifs is 1. The summed E-state index contributed by atoms with van der Waals surface area (Å²) in [4.78, 5) is 5.51. The monoisotopic (exact) mass is 334 g/mol. The Morgan fingerprint density at radius 1 is 1.14 bits per heavy atom. The molecule has 0 amide bonds. The van der Waals surface area contributed by atoms with E-state index >= 15 is 0 Å². The second-order valence-corrected chi connectivity index (χ2v) is 6.82. The van der Waals surface area contributed by atoms with Crippen molar-refractivity contribution in [3.05, 3.63) is 51.1 Å². The van der Waals surface area contributed by atoms with E-state index in [2.05, 4.69) is 11.1 Å². The Kier molecular flexibility index (Phi) is 4.40. The van der Waals surface area contributed by atoms with Crippen molar-refractivity contribution in [2.75, 3.05) is 0 Å². The number of hydrogen-bond donors (Lipinski definition) is 0. The van der Waals surface area contributed by atoms with Crippen LogP contribution in [0.5, 0.6) is 0 Å². The zero-order valence-electron chi connectivity index (χ0n) is 11.2. The first kappa shape index (κ1) is 14.7. The van der Waals surface area contributed by atoms with Crippen molar-refractivity contribution < 1.29 is 0 Å². The maximum atomic E-state index is 9.36. The molecule has 0 N–H and O–H groups in total. The Bertz CT molecular complexity index is 738. The summed E-state index contributed by atoms with van der Waals surface area (Å²) >= 11 is 13.6. The van der Waals surface area contributed by atoms with Gasteiger partial charge in [0.25, 0.3) is 0 Å². The summed E-state index contributed by atoms with van der Waals surface area (Å²) < 4.78 is 0. The second-order valence-electron chi connectivity index (χ2n) is 4.94. The Morgan fingerprint density at radius 3 is 2.76 bits per heavy atom. The molecule has 1 heterocycles. The van der Waals surface area contributed by atoms with Crippen LogP contribution in [0.2, 0.25) is 10.0 Å². The number of halogens is 2. The molecule has 0 unspecified atom stereocenters. The van der Waals surface area contributed by atoms with Crippen molar-refractivity contribution in [2.45, 2.75) is 35.6 Å². The largest absolute Gasteiger partial charge is 0.244 e. The minimum atomic E-state index is 0.608. The minimum Gasteiger partial charge on any atom is -0.244 e. The standard InChI is InChI=1S/C16H12Cl2N2S/c17-12-5-6-13(18)15(8-12)21-16-11(9-19)7-10-3-1-2-4-14(10)20-16/h5-8H,1-4H2. The van der Waals surface area contributed by atoms with E-state index in [9.17, 15) is 5.26 Å². The number of benzene rings is 1. The maximum Gasteiger partial charge on any atom is 0.119 e. The van der Waals surface area contributed by atoms with Crippen LogP contribution in [-0.4, -0.2) is 4.98 Å². The van der Waals surface area contributed by atoms with E-state index in [4.69, 9.17) is 23.2 Å². The molecule has 0 atom stereocenters. The predicted octanol–water partition coefficient (Wildman–Crippen LogP) is 5.29. The summed E-state index contributed by atoms with van der Waals surface area (Å²) in [5.74, 6) is 0. The van der Waals surface area contributed by atoms with Crippen LogP contribution in [0.25, 0.3) is 0 Å². The first-order chi connectivity index (χ1) is 10.2. The third-order valence-corrected chi connectivity index (χ3v) is 5.23. The normalized spacial score (nSPS) is 13.6. The number of nitrogens with zero attached hydrogens (tertiary/aromatic N) is 2. The molecule has 0 bridgehead atoms. The molecule has 5 heteroatoms. The topological polar surface area (TPSA) is 36.7 Å². The van der Waals surface area contributed by atoms with Crippen molar-refractivity contribution in [1.82, 2.24) is 4.98 Å². The Morgan fingerprint density at radius 2 is 1.95 bits per heavy atom. The van der Waals surface area contributed by atoms with Gasteiger partial charge in [0.15, 0.2) is 0 Å². The van der Waals surface area contributed by atoms with E-state index in [1.165, 1.54) is 23.7 Å². The molecule has 2 aromatic rings. The number of pyridine rings is 1. The van der Waals surface area contributed by atoms with E-state index in [0.29, 0.717) is 20.6 Å². The van der Waals surface area contributed by atoms with Crippen molar-refractivity contribution in [1.29, 1.82) is 5.26 Å². The summed E-state index contributed by atoms with van der Waals surface area (Å²) in [7, 11) is 0. The third-order valence-electron chi connectivity index (χ3n) is 3.49. The van der Waals surface area contributed by atoms with E-state index < -0.39 is 0 Å². The van der Waals surface area contributed by atoms with Gasteiger partial charge in [0, 0.05) is 15.6 Å². The SMILES string of the molecule is N#Cc1cc2c(nc1Sc1cc(Cl)ccc1Cl)CCCC2. The van der Waals surface area contributed by atoms with Gasteiger partial charge in [-0.2, -0.15) is 5.26 Å². The number of rotatable bonds is 2. The van der Waals surface area contributed by atoms with Gasteiger partial charge in [-0.15, -0.1) is 0 Å². The number of hydrogen-bond acceptors (Lipinski definition) is 3. The summed E-state index contributed by atoms with van der Waals surface area (Å²) in [6.07, 6.45) is 4.33. The van der Waals surface area contributed by atoms with Crippen LogP contribution >= 0.6 is 35.0 Å². The van der Waals surface area contributed by atoms with Crippen LogP contribution in [0.3, 0.4) is 0 Å². The second kappa shape index (κ2) is 6.27. The van der Waals surface area contributed by atoms with Crippen LogP contribution in [0.1, 0.15) is 29.7 Å². The average molecular weight is 335 g/mol. The molecule has 0 aliphatic heterocycles. The number of aromatic nitrogens is 1. The van der Waals surface area contributed by atoms with Gasteiger partial charge in [0.05, 0.1) is 10.6 Å². The molecule has 1 aliphatic carbocycles. The molecular weight excluding hydrogens is 323 g/mol. The summed E-state index contributed by atoms with van der Waals surface area (Å²) in [6.45, 7) is 0. The van der Waals surface area contributed by atoms with Crippen molar-refractivity contribution in [2.24, 2.45) is 0 Å². The lowest BCUT2D eigenvalue weighted by Crippen LogP contribution is -2.07. The van der Waals surface area contributed by atoms with Gasteiger partial charge in [-0.25, -0.2) is 4.98 Å². The zero-order chi connectivity index (χ0) is 14.8. The van der Waals surface area contributed by atoms with Gasteiger partial charge in [0.1, 0.15) is 11.1 Å². The lowest BCUT2D eigenvalue weighted by atomic mass is 9.95. The van der Waals surface area contributed by atoms with Crippen molar-refractivity contribution in [3.8, 4) is 6.07 Å². The van der Waals surface area contributed by atoms with E-state index in [0.717, 1.165) is 29.9 Å². The fourth-order valence-corrected chi connectivity index (χ4v) is 3.83. The Balaban J connectivity index is 2.02. The summed E-state index contributed by atoms with van der Waals surface area (Å²) in [5.41, 5.74) is 2.93. The molecule has 0 saturated carbocycles. The van der Waals surface area contributed by atoms with Crippen LogP contribution in [0, 0.1) is 11.3 Å². The molecule has 106 valence electrons. The smallest absolute Gasteiger partial charge is 0.119 e. The molecule has 1 aliphatic rings. The number of nitriles is 1. The summed E-state index contributed by atoms with van der Waals surface area (Å²) in [6, 6.07) is 9.53. The lowest BCUT2D eigenvalue weighted by Gasteiger charge is -2.16. The molecule has 0 saturated heterocycles. The molecule has 2 nitrogen and oxygen atoms in total. The third kappa shape index (κ3) is 3.18. The molecule has 1 aromatic carbocycles. The minimum absolute atomic E-state index is 0.608. The van der Waals surface area contributed by atoms with Crippen molar-refractivity contribution >= 4 is 35.0 Å². The first-order valence-electron chi connectivity index (χ1n) is 6.73. The quantitative estimate of drug-likeness (QED) is 0.748. The van der Waals surface area contributed by atoms with Gasteiger partial charge in [0.2, 0.25) is 0 Å². The first-order valence-corrected chi connectivity index (χ1v) is 8.30. The fraction of sp³-hybridized carbons (Fsp3) is 0.250.